The molecule has 0 unspecified atom stereocenters. The predicted molar refractivity (Wildman–Crippen MR) is 108 cm³/mol. The number of ether oxygens (including phenoxy) is 1. The summed E-state index contributed by atoms with van der Waals surface area (Å²) < 4.78 is 11.8. The maximum Gasteiger partial charge on any atom is 0.254 e. The van der Waals surface area contributed by atoms with Crippen LogP contribution in [0, 0.1) is 6.92 Å². The Bertz CT molecular complexity index is 903. The lowest BCUT2D eigenvalue weighted by Gasteiger charge is -2.18. The largest absolute Gasteiger partial charge is 0.484 e. The third-order valence-corrected chi connectivity index (χ3v) is 4.61. The van der Waals surface area contributed by atoms with Crippen molar-refractivity contribution < 1.29 is 9.15 Å². The van der Waals surface area contributed by atoms with Crippen LogP contribution in [-0.4, -0.2) is 10.2 Å². The van der Waals surface area contributed by atoms with E-state index in [0.717, 1.165) is 11.3 Å². The summed E-state index contributed by atoms with van der Waals surface area (Å²) in [7, 11) is 0. The fourth-order valence-electron chi connectivity index (χ4n) is 2.92. The van der Waals surface area contributed by atoms with Gasteiger partial charge in [0.25, 0.3) is 5.89 Å². The fraction of sp³-hybridized carbons (Fsp3) is 0.391. The first kappa shape index (κ1) is 19.2. The third-order valence-electron chi connectivity index (χ3n) is 4.61. The second-order valence-corrected chi connectivity index (χ2v) is 8.31. The van der Waals surface area contributed by atoms with Crippen molar-refractivity contribution in [3.63, 3.8) is 0 Å². The number of hydrogen-bond donors (Lipinski definition) is 0. The number of nitrogens with zero attached hydrogens (tertiary/aromatic N) is 2. The maximum absolute atomic E-state index is 5.98. The fourth-order valence-corrected chi connectivity index (χ4v) is 2.92. The van der Waals surface area contributed by atoms with Gasteiger partial charge in [0.05, 0.1) is 0 Å². The van der Waals surface area contributed by atoms with Gasteiger partial charge in [-0.05, 0) is 53.1 Å². The number of aryl methyl sites for hydroxylation is 1. The minimum Gasteiger partial charge on any atom is -0.484 e. The SMILES string of the molecule is Cc1ccc(C(C)C)c(OCc2nnc(-c3ccc(C(C)(C)C)cc3)o2)c1. The van der Waals surface area contributed by atoms with Crippen molar-refractivity contribution in [2.75, 3.05) is 0 Å². The van der Waals surface area contributed by atoms with Gasteiger partial charge in [-0.15, -0.1) is 10.2 Å². The summed E-state index contributed by atoms with van der Waals surface area (Å²) in [4.78, 5) is 0. The topological polar surface area (TPSA) is 48.2 Å². The van der Waals surface area contributed by atoms with Gasteiger partial charge >= 0.3 is 0 Å². The molecule has 0 amide bonds. The minimum atomic E-state index is 0.119. The number of benzene rings is 2. The van der Waals surface area contributed by atoms with Crippen LogP contribution in [0.3, 0.4) is 0 Å². The highest BCUT2D eigenvalue weighted by molar-refractivity contribution is 5.53. The van der Waals surface area contributed by atoms with E-state index in [1.165, 1.54) is 16.7 Å². The Morgan fingerprint density at radius 1 is 1.00 bits per heavy atom. The van der Waals surface area contributed by atoms with Gasteiger partial charge < -0.3 is 9.15 Å². The van der Waals surface area contributed by atoms with Gasteiger partial charge in [-0.3, -0.25) is 0 Å². The molecule has 0 saturated heterocycles. The highest BCUT2D eigenvalue weighted by atomic mass is 16.5. The summed E-state index contributed by atoms with van der Waals surface area (Å²) in [5.74, 6) is 2.25. The van der Waals surface area contributed by atoms with E-state index in [1.54, 1.807) is 0 Å². The molecule has 1 heterocycles. The molecule has 0 aliphatic carbocycles. The van der Waals surface area contributed by atoms with Crippen LogP contribution in [0.5, 0.6) is 5.75 Å². The Morgan fingerprint density at radius 2 is 1.70 bits per heavy atom. The summed E-state index contributed by atoms with van der Waals surface area (Å²) in [5, 5.41) is 8.30. The van der Waals surface area contributed by atoms with Crippen molar-refractivity contribution in [2.45, 2.75) is 59.5 Å². The lowest BCUT2D eigenvalue weighted by atomic mass is 9.87. The van der Waals surface area contributed by atoms with E-state index in [2.05, 4.69) is 82.1 Å². The van der Waals surface area contributed by atoms with Crippen LogP contribution in [0.1, 0.15) is 63.1 Å². The molecule has 0 radical (unpaired) electrons. The molecule has 3 aromatic rings. The van der Waals surface area contributed by atoms with Crippen LogP contribution in [0.2, 0.25) is 0 Å². The summed E-state index contributed by atoms with van der Waals surface area (Å²) >= 11 is 0. The Labute approximate surface area is 161 Å². The van der Waals surface area contributed by atoms with Crippen LogP contribution in [0.4, 0.5) is 0 Å². The van der Waals surface area contributed by atoms with Gasteiger partial charge in [0.2, 0.25) is 5.89 Å². The molecule has 27 heavy (non-hydrogen) atoms. The first-order valence-electron chi connectivity index (χ1n) is 9.40. The summed E-state index contributed by atoms with van der Waals surface area (Å²) in [5.41, 5.74) is 4.65. The van der Waals surface area contributed by atoms with E-state index < -0.39 is 0 Å². The molecule has 1 aromatic heterocycles. The summed E-state index contributed by atoms with van der Waals surface area (Å²) in [6.45, 7) is 13.2. The van der Waals surface area contributed by atoms with E-state index in [1.807, 2.05) is 12.1 Å². The first-order chi connectivity index (χ1) is 12.7. The predicted octanol–water partition coefficient (Wildman–Crippen LogP) is 6.04. The van der Waals surface area contributed by atoms with Crippen molar-refractivity contribution >= 4 is 0 Å². The van der Waals surface area contributed by atoms with Crippen molar-refractivity contribution in [1.82, 2.24) is 10.2 Å². The van der Waals surface area contributed by atoms with E-state index in [-0.39, 0.29) is 12.0 Å². The van der Waals surface area contributed by atoms with Gasteiger partial charge in [0.1, 0.15) is 5.75 Å². The van der Waals surface area contributed by atoms with Crippen LogP contribution in [0.25, 0.3) is 11.5 Å². The maximum atomic E-state index is 5.98. The molecule has 0 atom stereocenters. The molecule has 0 aliphatic heterocycles. The molecule has 2 aromatic carbocycles. The van der Waals surface area contributed by atoms with Crippen molar-refractivity contribution in [2.24, 2.45) is 0 Å². The number of rotatable bonds is 5. The van der Waals surface area contributed by atoms with Crippen LogP contribution < -0.4 is 4.74 Å². The first-order valence-corrected chi connectivity index (χ1v) is 9.40. The molecule has 3 rings (SSSR count). The lowest BCUT2D eigenvalue weighted by molar-refractivity contribution is 0.261. The van der Waals surface area contributed by atoms with Gasteiger partial charge in [0.15, 0.2) is 6.61 Å². The van der Waals surface area contributed by atoms with E-state index in [0.29, 0.717) is 17.7 Å². The molecular formula is C23H28N2O2. The molecule has 4 heteroatoms. The van der Waals surface area contributed by atoms with Crippen molar-refractivity contribution in [1.29, 1.82) is 0 Å². The molecule has 0 fully saturated rings. The van der Waals surface area contributed by atoms with E-state index in [4.69, 9.17) is 9.15 Å². The van der Waals surface area contributed by atoms with Crippen molar-refractivity contribution in [3.8, 4) is 17.2 Å². The van der Waals surface area contributed by atoms with Crippen LogP contribution >= 0.6 is 0 Å². The Hall–Kier alpha value is -2.62. The second kappa shape index (κ2) is 7.55. The zero-order valence-corrected chi connectivity index (χ0v) is 17.0. The van der Waals surface area contributed by atoms with Gasteiger partial charge in [-0.2, -0.15) is 0 Å². The molecule has 0 bridgehead atoms. The standard InChI is InChI=1S/C23H28N2O2/c1-15(2)19-12-7-16(3)13-20(19)26-14-21-24-25-22(27-21)17-8-10-18(11-9-17)23(4,5)6/h7-13,15H,14H2,1-6H3. The molecule has 0 saturated carbocycles. The quantitative estimate of drug-likeness (QED) is 0.553. The Balaban J connectivity index is 1.73. The van der Waals surface area contributed by atoms with Gasteiger partial charge in [0, 0.05) is 5.56 Å². The molecule has 4 nitrogen and oxygen atoms in total. The zero-order valence-electron chi connectivity index (χ0n) is 17.0. The molecule has 0 spiro atoms. The highest BCUT2D eigenvalue weighted by Gasteiger charge is 2.15. The van der Waals surface area contributed by atoms with Crippen LogP contribution in [-0.2, 0) is 12.0 Å². The number of aromatic nitrogens is 2. The van der Waals surface area contributed by atoms with Crippen LogP contribution in [0.15, 0.2) is 46.9 Å². The molecule has 142 valence electrons. The summed E-state index contributed by atoms with van der Waals surface area (Å²) in [6, 6.07) is 14.5. The molecule has 0 N–H and O–H groups in total. The zero-order chi connectivity index (χ0) is 19.6. The molecule has 0 aliphatic rings. The van der Waals surface area contributed by atoms with E-state index >= 15 is 0 Å². The number of hydrogen-bond acceptors (Lipinski definition) is 4. The smallest absolute Gasteiger partial charge is 0.254 e. The van der Waals surface area contributed by atoms with Gasteiger partial charge in [-0.25, -0.2) is 0 Å². The highest BCUT2D eigenvalue weighted by Crippen LogP contribution is 2.29. The van der Waals surface area contributed by atoms with Crippen molar-refractivity contribution in [3.05, 3.63) is 65.0 Å². The minimum absolute atomic E-state index is 0.119. The Kier molecular flexibility index (Phi) is 5.36. The normalized spacial score (nSPS) is 11.8. The van der Waals surface area contributed by atoms with Gasteiger partial charge in [-0.1, -0.05) is 58.9 Å². The average molecular weight is 364 g/mol. The Morgan fingerprint density at radius 3 is 2.33 bits per heavy atom. The van der Waals surface area contributed by atoms with E-state index in [9.17, 15) is 0 Å². The second-order valence-electron chi connectivity index (χ2n) is 8.31. The monoisotopic (exact) mass is 364 g/mol. The lowest BCUT2D eigenvalue weighted by Crippen LogP contribution is -2.10. The average Bonchev–Trinajstić information content (AvgIpc) is 3.08. The third kappa shape index (κ3) is 4.57. The summed E-state index contributed by atoms with van der Waals surface area (Å²) in [6.07, 6.45) is 0. The molecular weight excluding hydrogens is 336 g/mol.